The summed E-state index contributed by atoms with van der Waals surface area (Å²) in [6.45, 7) is 2.67. The molecule has 0 spiro atoms. The van der Waals surface area contributed by atoms with Crippen molar-refractivity contribution in [2.24, 2.45) is 5.41 Å². The molecule has 0 bridgehead atoms. The lowest BCUT2D eigenvalue weighted by molar-refractivity contribution is -0.137. The Labute approximate surface area is 178 Å². The first-order chi connectivity index (χ1) is 14.7. The van der Waals surface area contributed by atoms with Crippen molar-refractivity contribution >= 4 is 5.91 Å². The lowest BCUT2D eigenvalue weighted by atomic mass is 9.74. The van der Waals surface area contributed by atoms with Crippen LogP contribution in [0.4, 0.5) is 0 Å². The first kappa shape index (κ1) is 20.9. The Morgan fingerprint density at radius 3 is 2.57 bits per heavy atom. The lowest BCUT2D eigenvalue weighted by Gasteiger charge is -2.36. The number of methoxy groups -OCH3 is 1. The summed E-state index contributed by atoms with van der Waals surface area (Å²) in [4.78, 5) is 13.2. The van der Waals surface area contributed by atoms with E-state index in [1.807, 2.05) is 18.2 Å². The molecule has 5 nitrogen and oxygen atoms in total. The van der Waals surface area contributed by atoms with Gasteiger partial charge in [0.25, 0.3) is 0 Å². The van der Waals surface area contributed by atoms with Gasteiger partial charge in [0.05, 0.1) is 18.6 Å². The minimum absolute atomic E-state index is 0.134. The second-order valence-electron chi connectivity index (χ2n) is 8.31. The number of para-hydroxylation sites is 1. The van der Waals surface area contributed by atoms with Gasteiger partial charge in [0, 0.05) is 31.9 Å². The molecule has 2 aliphatic rings. The van der Waals surface area contributed by atoms with E-state index in [1.54, 1.807) is 7.11 Å². The largest absolute Gasteiger partial charge is 0.496 e. The van der Waals surface area contributed by atoms with Crippen LogP contribution >= 0.6 is 0 Å². The molecule has 2 heterocycles. The molecule has 1 amide bonds. The lowest BCUT2D eigenvalue weighted by Crippen LogP contribution is -2.47. The van der Waals surface area contributed by atoms with Crippen molar-refractivity contribution in [2.75, 3.05) is 33.5 Å². The summed E-state index contributed by atoms with van der Waals surface area (Å²) in [5.41, 5.74) is 2.94. The van der Waals surface area contributed by atoms with E-state index in [-0.39, 0.29) is 12.0 Å². The van der Waals surface area contributed by atoms with Crippen LogP contribution in [-0.2, 0) is 20.7 Å². The quantitative estimate of drug-likeness (QED) is 0.751. The number of nitrogens with one attached hydrogen (secondary N) is 1. The molecule has 2 saturated heterocycles. The first-order valence-electron chi connectivity index (χ1n) is 10.9. The Balaban J connectivity index is 1.48. The van der Waals surface area contributed by atoms with Gasteiger partial charge in [-0.25, -0.2) is 0 Å². The van der Waals surface area contributed by atoms with Crippen molar-refractivity contribution in [3.05, 3.63) is 54.1 Å². The fourth-order valence-corrected chi connectivity index (χ4v) is 4.52. The van der Waals surface area contributed by atoms with Crippen LogP contribution < -0.4 is 10.1 Å². The van der Waals surface area contributed by atoms with E-state index in [1.165, 1.54) is 5.56 Å². The Morgan fingerprint density at radius 1 is 1.10 bits per heavy atom. The van der Waals surface area contributed by atoms with Crippen molar-refractivity contribution in [1.82, 2.24) is 5.32 Å². The zero-order valence-corrected chi connectivity index (χ0v) is 17.7. The minimum atomic E-state index is -0.414. The topological polar surface area (TPSA) is 56.8 Å². The fraction of sp³-hybridized carbons (Fsp3) is 0.480. The Kier molecular flexibility index (Phi) is 6.70. The average Bonchev–Trinajstić information content (AvgIpc) is 3.32. The standard InChI is InChI=1S/C25H31NO4/c1-28-23-7-3-2-6-22(23)20-10-8-19(9-11-20)17-25(12-15-29-16-13-25)24(27)26-18-21-5-4-14-30-21/h2-3,6-11,21H,4-5,12-18H2,1H3,(H,26,27). The maximum Gasteiger partial charge on any atom is 0.226 e. The van der Waals surface area contributed by atoms with Crippen molar-refractivity contribution in [2.45, 2.75) is 38.2 Å². The zero-order valence-electron chi connectivity index (χ0n) is 17.7. The fourth-order valence-electron chi connectivity index (χ4n) is 4.52. The van der Waals surface area contributed by atoms with E-state index < -0.39 is 5.41 Å². The van der Waals surface area contributed by atoms with E-state index in [9.17, 15) is 4.79 Å². The second-order valence-corrected chi connectivity index (χ2v) is 8.31. The van der Waals surface area contributed by atoms with Gasteiger partial charge < -0.3 is 19.5 Å². The molecule has 2 fully saturated rings. The van der Waals surface area contributed by atoms with Gasteiger partial charge in [-0.15, -0.1) is 0 Å². The van der Waals surface area contributed by atoms with Crippen LogP contribution in [0, 0.1) is 5.41 Å². The predicted octanol–water partition coefficient (Wildman–Crippen LogP) is 4.00. The summed E-state index contributed by atoms with van der Waals surface area (Å²) in [5, 5.41) is 3.17. The Morgan fingerprint density at radius 2 is 1.87 bits per heavy atom. The minimum Gasteiger partial charge on any atom is -0.496 e. The number of carbonyl (C=O) groups is 1. The molecule has 0 radical (unpaired) electrons. The molecule has 2 aliphatic heterocycles. The third kappa shape index (κ3) is 4.68. The van der Waals surface area contributed by atoms with Gasteiger partial charge in [-0.2, -0.15) is 0 Å². The summed E-state index contributed by atoms with van der Waals surface area (Å²) in [6, 6.07) is 16.5. The van der Waals surface area contributed by atoms with Crippen LogP contribution in [0.1, 0.15) is 31.2 Å². The molecule has 4 rings (SSSR count). The van der Waals surface area contributed by atoms with Crippen molar-refractivity contribution < 1.29 is 19.0 Å². The van der Waals surface area contributed by atoms with Gasteiger partial charge in [0.15, 0.2) is 0 Å². The van der Waals surface area contributed by atoms with E-state index in [2.05, 4.69) is 35.6 Å². The molecule has 0 saturated carbocycles. The normalized spacial score (nSPS) is 20.6. The molecule has 0 aromatic heterocycles. The maximum absolute atomic E-state index is 13.2. The van der Waals surface area contributed by atoms with Gasteiger partial charge in [0.2, 0.25) is 5.91 Å². The second kappa shape index (κ2) is 9.63. The number of benzene rings is 2. The van der Waals surface area contributed by atoms with Crippen LogP contribution in [-0.4, -0.2) is 45.5 Å². The van der Waals surface area contributed by atoms with Crippen molar-refractivity contribution in [3.8, 4) is 16.9 Å². The molecular formula is C25H31NO4. The smallest absolute Gasteiger partial charge is 0.226 e. The molecule has 160 valence electrons. The van der Waals surface area contributed by atoms with E-state index in [0.717, 1.165) is 55.6 Å². The Hall–Kier alpha value is -2.37. The number of carbonyl (C=O) groups excluding carboxylic acids is 1. The number of amides is 1. The van der Waals surface area contributed by atoms with Crippen LogP contribution in [0.2, 0.25) is 0 Å². The number of ether oxygens (including phenoxy) is 3. The van der Waals surface area contributed by atoms with Crippen LogP contribution in [0.3, 0.4) is 0 Å². The van der Waals surface area contributed by atoms with E-state index in [0.29, 0.717) is 19.8 Å². The molecule has 2 aromatic rings. The molecule has 30 heavy (non-hydrogen) atoms. The summed E-state index contributed by atoms with van der Waals surface area (Å²) in [6.07, 6.45) is 4.49. The molecule has 5 heteroatoms. The molecular weight excluding hydrogens is 378 g/mol. The number of rotatable bonds is 7. The highest BCUT2D eigenvalue weighted by Crippen LogP contribution is 2.36. The molecule has 2 aromatic carbocycles. The van der Waals surface area contributed by atoms with Gasteiger partial charge in [-0.3, -0.25) is 4.79 Å². The van der Waals surface area contributed by atoms with Gasteiger partial charge in [0.1, 0.15) is 5.75 Å². The Bertz CT molecular complexity index is 836. The summed E-state index contributed by atoms with van der Waals surface area (Å²) in [5.74, 6) is 0.995. The number of hydrogen-bond donors (Lipinski definition) is 1. The van der Waals surface area contributed by atoms with Gasteiger partial charge >= 0.3 is 0 Å². The van der Waals surface area contributed by atoms with Gasteiger partial charge in [-0.05, 0) is 49.3 Å². The molecule has 1 unspecified atom stereocenters. The summed E-state index contributed by atoms with van der Waals surface area (Å²) < 4.78 is 16.7. The van der Waals surface area contributed by atoms with Crippen molar-refractivity contribution in [3.63, 3.8) is 0 Å². The summed E-state index contributed by atoms with van der Waals surface area (Å²) >= 11 is 0. The van der Waals surface area contributed by atoms with E-state index >= 15 is 0 Å². The number of hydrogen-bond acceptors (Lipinski definition) is 4. The van der Waals surface area contributed by atoms with Crippen molar-refractivity contribution in [1.29, 1.82) is 0 Å². The maximum atomic E-state index is 13.2. The monoisotopic (exact) mass is 409 g/mol. The highest BCUT2D eigenvalue weighted by atomic mass is 16.5. The highest BCUT2D eigenvalue weighted by Gasteiger charge is 2.40. The first-order valence-corrected chi connectivity index (χ1v) is 10.9. The highest BCUT2D eigenvalue weighted by molar-refractivity contribution is 5.83. The van der Waals surface area contributed by atoms with Crippen LogP contribution in [0.15, 0.2) is 48.5 Å². The average molecular weight is 410 g/mol. The van der Waals surface area contributed by atoms with Crippen LogP contribution in [0.25, 0.3) is 11.1 Å². The zero-order chi connectivity index (χ0) is 20.8. The molecule has 0 aliphatic carbocycles. The van der Waals surface area contributed by atoms with E-state index in [4.69, 9.17) is 14.2 Å². The SMILES string of the molecule is COc1ccccc1-c1ccc(CC2(C(=O)NCC3CCCO3)CCOCC2)cc1. The van der Waals surface area contributed by atoms with Gasteiger partial charge in [-0.1, -0.05) is 42.5 Å². The predicted molar refractivity (Wildman–Crippen MR) is 117 cm³/mol. The molecule has 1 N–H and O–H groups in total. The summed E-state index contributed by atoms with van der Waals surface area (Å²) in [7, 11) is 1.69. The third-order valence-corrected chi connectivity index (χ3v) is 6.36. The third-order valence-electron chi connectivity index (χ3n) is 6.36. The molecule has 1 atom stereocenters. The van der Waals surface area contributed by atoms with Crippen LogP contribution in [0.5, 0.6) is 5.75 Å².